The zero-order chi connectivity index (χ0) is 16.3. The Balaban J connectivity index is 1.99. The largest absolute Gasteiger partial charge is 0.458 e. The summed E-state index contributed by atoms with van der Waals surface area (Å²) in [6, 6.07) is 6.76. The Labute approximate surface area is 128 Å². The molecule has 1 aliphatic rings. The molecular weight excluding hydrogens is 286 g/mol. The van der Waals surface area contributed by atoms with Crippen LogP contribution in [-0.2, 0) is 19.2 Å². The molecule has 0 spiro atoms. The van der Waals surface area contributed by atoms with E-state index in [4.69, 9.17) is 9.57 Å². The average Bonchev–Trinajstić information content (AvgIpc) is 2.42. The van der Waals surface area contributed by atoms with Crippen LogP contribution >= 0.6 is 0 Å². The van der Waals surface area contributed by atoms with Gasteiger partial charge in [0.15, 0.2) is 6.61 Å². The van der Waals surface area contributed by atoms with Crippen molar-refractivity contribution in [1.82, 2.24) is 5.48 Å². The van der Waals surface area contributed by atoms with E-state index in [2.05, 4.69) is 5.48 Å². The van der Waals surface area contributed by atoms with E-state index >= 15 is 0 Å². The molecule has 2 rings (SSSR count). The van der Waals surface area contributed by atoms with Gasteiger partial charge in [-0.25, -0.2) is 4.79 Å². The molecule has 0 aromatic heterocycles. The number of hydrogen-bond acceptors (Lipinski definition) is 6. The van der Waals surface area contributed by atoms with Gasteiger partial charge >= 0.3 is 5.97 Å². The molecule has 1 aromatic carbocycles. The highest BCUT2D eigenvalue weighted by Gasteiger charge is 2.27. The van der Waals surface area contributed by atoms with Crippen LogP contribution in [0.2, 0.25) is 0 Å². The maximum absolute atomic E-state index is 11.9. The molecule has 0 fully saturated rings. The molecule has 1 N–H and O–H groups in total. The number of fused-ring (bicyclic) bond motifs is 1. The summed E-state index contributed by atoms with van der Waals surface area (Å²) in [5, 5.41) is 0. The predicted octanol–water partition coefficient (Wildman–Crippen LogP) is 1.66. The molecule has 1 aromatic rings. The van der Waals surface area contributed by atoms with Crippen LogP contribution in [0.5, 0.6) is 0 Å². The molecule has 1 aliphatic carbocycles. The van der Waals surface area contributed by atoms with Crippen LogP contribution in [0.3, 0.4) is 0 Å². The van der Waals surface area contributed by atoms with Gasteiger partial charge in [0.1, 0.15) is 11.3 Å². The number of carbonyl (C=O) groups excluding carboxylic acids is 3. The summed E-state index contributed by atoms with van der Waals surface area (Å²) in [6.07, 6.45) is 1.51. The lowest BCUT2D eigenvalue weighted by atomic mass is 9.93. The first-order valence-electron chi connectivity index (χ1n) is 6.77. The Hall–Kier alpha value is -2.47. The van der Waals surface area contributed by atoms with E-state index in [0.29, 0.717) is 11.1 Å². The van der Waals surface area contributed by atoms with Crippen molar-refractivity contribution in [1.29, 1.82) is 0 Å². The number of nitrogens with one attached hydrogen (secondary N) is 1. The van der Waals surface area contributed by atoms with Crippen molar-refractivity contribution in [3.05, 3.63) is 41.1 Å². The Morgan fingerprint density at radius 1 is 1.14 bits per heavy atom. The highest BCUT2D eigenvalue weighted by Crippen LogP contribution is 2.20. The molecule has 0 saturated carbocycles. The fourth-order valence-corrected chi connectivity index (χ4v) is 1.91. The van der Waals surface area contributed by atoms with E-state index in [1.165, 1.54) is 6.08 Å². The number of ether oxygens (including phenoxy) is 1. The van der Waals surface area contributed by atoms with Crippen molar-refractivity contribution in [3.8, 4) is 0 Å². The number of ketones is 2. The topological polar surface area (TPSA) is 81.7 Å². The maximum atomic E-state index is 11.9. The molecule has 116 valence electrons. The lowest BCUT2D eigenvalue weighted by Crippen LogP contribution is -2.33. The number of benzene rings is 1. The van der Waals surface area contributed by atoms with Gasteiger partial charge in [-0.2, -0.15) is 0 Å². The molecule has 0 amide bonds. The molecular formula is C16H17NO5. The third kappa shape index (κ3) is 3.79. The number of carbonyl (C=O) groups is 3. The first-order valence-corrected chi connectivity index (χ1v) is 6.77. The van der Waals surface area contributed by atoms with Gasteiger partial charge in [0.05, 0.1) is 0 Å². The predicted molar refractivity (Wildman–Crippen MR) is 78.7 cm³/mol. The fourth-order valence-electron chi connectivity index (χ4n) is 1.91. The number of rotatable bonds is 4. The SMILES string of the molecule is CC(C)(C)OC(=O)CONC1=Cc2ccccc2C(=O)C1=O. The Kier molecular flexibility index (Phi) is 4.42. The number of Topliss-reactive ketones (excluding diaryl/α,β-unsaturated/α-hetero) is 2. The Morgan fingerprint density at radius 2 is 1.82 bits per heavy atom. The van der Waals surface area contributed by atoms with Crippen LogP contribution < -0.4 is 5.48 Å². The van der Waals surface area contributed by atoms with Crippen molar-refractivity contribution in [3.63, 3.8) is 0 Å². The quantitative estimate of drug-likeness (QED) is 0.517. The normalized spacial score (nSPS) is 14.2. The number of hydroxylamine groups is 1. The van der Waals surface area contributed by atoms with Gasteiger partial charge in [0.25, 0.3) is 5.78 Å². The van der Waals surface area contributed by atoms with E-state index < -0.39 is 23.1 Å². The van der Waals surface area contributed by atoms with Crippen LogP contribution in [-0.4, -0.2) is 29.7 Å². The Bertz CT molecular complexity index is 655. The summed E-state index contributed by atoms with van der Waals surface area (Å²) in [7, 11) is 0. The molecule has 6 heteroatoms. The third-order valence-electron chi connectivity index (χ3n) is 2.75. The van der Waals surface area contributed by atoms with Crippen LogP contribution in [0, 0.1) is 0 Å². The van der Waals surface area contributed by atoms with Crippen molar-refractivity contribution in [2.75, 3.05) is 6.61 Å². The minimum Gasteiger partial charge on any atom is -0.458 e. The van der Waals surface area contributed by atoms with Gasteiger partial charge in [-0.15, -0.1) is 0 Å². The van der Waals surface area contributed by atoms with E-state index in [9.17, 15) is 14.4 Å². The van der Waals surface area contributed by atoms with Gasteiger partial charge in [0, 0.05) is 5.56 Å². The molecule has 22 heavy (non-hydrogen) atoms. The molecule has 0 aliphatic heterocycles. The second-order valence-corrected chi connectivity index (χ2v) is 5.78. The molecule has 0 saturated heterocycles. The van der Waals surface area contributed by atoms with Crippen molar-refractivity contribution >= 4 is 23.6 Å². The van der Waals surface area contributed by atoms with Gasteiger partial charge in [0.2, 0.25) is 5.78 Å². The maximum Gasteiger partial charge on any atom is 0.335 e. The standard InChI is InChI=1S/C16H17NO5/c1-16(2,3)22-13(18)9-21-17-12-8-10-6-4-5-7-11(10)14(19)15(12)20/h4-8,17H,9H2,1-3H3. The highest BCUT2D eigenvalue weighted by atomic mass is 16.7. The van der Waals surface area contributed by atoms with E-state index in [0.717, 1.165) is 0 Å². The van der Waals surface area contributed by atoms with Crippen molar-refractivity contribution < 1.29 is 24.0 Å². The van der Waals surface area contributed by atoms with E-state index in [-0.39, 0.29) is 12.3 Å². The van der Waals surface area contributed by atoms with Gasteiger partial charge in [-0.1, -0.05) is 24.3 Å². The summed E-state index contributed by atoms with van der Waals surface area (Å²) < 4.78 is 5.06. The zero-order valence-electron chi connectivity index (χ0n) is 12.6. The van der Waals surface area contributed by atoms with Crippen LogP contribution in [0.25, 0.3) is 6.08 Å². The third-order valence-corrected chi connectivity index (χ3v) is 2.75. The van der Waals surface area contributed by atoms with E-state index in [1.54, 1.807) is 45.0 Å². The van der Waals surface area contributed by atoms with Crippen LogP contribution in [0.15, 0.2) is 30.0 Å². The first-order chi connectivity index (χ1) is 10.3. The summed E-state index contributed by atoms with van der Waals surface area (Å²) >= 11 is 0. The number of hydrogen-bond donors (Lipinski definition) is 1. The lowest BCUT2D eigenvalue weighted by molar-refractivity contribution is -0.162. The van der Waals surface area contributed by atoms with Crippen molar-refractivity contribution in [2.24, 2.45) is 0 Å². The summed E-state index contributed by atoms with van der Waals surface area (Å²) in [5.41, 5.74) is 2.70. The first kappa shape index (κ1) is 15.9. The molecule has 0 atom stereocenters. The van der Waals surface area contributed by atoms with Crippen LogP contribution in [0.1, 0.15) is 36.7 Å². The minimum atomic E-state index is -0.706. The number of allylic oxidation sites excluding steroid dienone is 1. The average molecular weight is 303 g/mol. The lowest BCUT2D eigenvalue weighted by Gasteiger charge is -2.20. The number of esters is 1. The monoisotopic (exact) mass is 303 g/mol. The minimum absolute atomic E-state index is 0.00717. The second-order valence-electron chi connectivity index (χ2n) is 5.78. The second kappa shape index (κ2) is 6.11. The van der Waals surface area contributed by atoms with Gasteiger partial charge in [-0.3, -0.25) is 19.9 Å². The highest BCUT2D eigenvalue weighted by molar-refractivity contribution is 6.51. The molecule has 0 radical (unpaired) electrons. The zero-order valence-corrected chi connectivity index (χ0v) is 12.6. The van der Waals surface area contributed by atoms with E-state index in [1.807, 2.05) is 0 Å². The van der Waals surface area contributed by atoms with Crippen LogP contribution in [0.4, 0.5) is 0 Å². The molecule has 0 heterocycles. The molecule has 0 bridgehead atoms. The van der Waals surface area contributed by atoms with Gasteiger partial charge in [-0.05, 0) is 32.4 Å². The smallest absolute Gasteiger partial charge is 0.335 e. The van der Waals surface area contributed by atoms with Crippen molar-refractivity contribution in [2.45, 2.75) is 26.4 Å². The molecule has 0 unspecified atom stereocenters. The summed E-state index contributed by atoms with van der Waals surface area (Å²) in [5.74, 6) is -1.89. The fraction of sp³-hybridized carbons (Fsp3) is 0.312. The van der Waals surface area contributed by atoms with Gasteiger partial charge < -0.3 is 4.74 Å². The summed E-state index contributed by atoms with van der Waals surface area (Å²) in [6.45, 7) is 4.83. The molecule has 6 nitrogen and oxygen atoms in total. The Morgan fingerprint density at radius 3 is 2.50 bits per heavy atom. The summed E-state index contributed by atoms with van der Waals surface area (Å²) in [4.78, 5) is 40.3.